The monoisotopic (exact) mass is 488 g/mol. The number of hydrogen-bond acceptors (Lipinski definition) is 8. The highest BCUT2D eigenvalue weighted by atomic mass is 16.7. The van der Waals surface area contributed by atoms with E-state index in [1.54, 1.807) is 67.8 Å². The summed E-state index contributed by atoms with van der Waals surface area (Å²) in [5, 5.41) is 7.16. The molecule has 9 nitrogen and oxygen atoms in total. The maximum atomic E-state index is 14.3. The molecule has 1 spiro atoms. The summed E-state index contributed by atoms with van der Waals surface area (Å²) in [4.78, 5) is 33.8. The van der Waals surface area contributed by atoms with Gasteiger partial charge >= 0.3 is 0 Å². The molecule has 2 heterocycles. The molecule has 0 radical (unpaired) electrons. The van der Waals surface area contributed by atoms with E-state index in [0.717, 1.165) is 0 Å². The first-order valence-electron chi connectivity index (χ1n) is 11.1. The van der Waals surface area contributed by atoms with Crippen LogP contribution in [0.4, 0.5) is 5.69 Å². The first-order chi connectivity index (χ1) is 17.5. The number of carbonyl (C=O) groups is 2. The van der Waals surface area contributed by atoms with E-state index < -0.39 is 23.2 Å². The Balaban J connectivity index is 1.72. The van der Waals surface area contributed by atoms with Crippen LogP contribution in [0.25, 0.3) is 0 Å². The summed E-state index contributed by atoms with van der Waals surface area (Å²) in [5.74, 6) is -0.236. The molecule has 2 atom stereocenters. The standard InChI is InChI=1S/C27H24N2O7/c1-32-15-9-11-17(21(13-15)34-3)24-23(25(30)18-12-10-16(33-2)14-22(18)35-4)27(36-29-24)19-7-5-6-8-20(19)28-26(27)31/h5-14,23H,1-4H3,(H,28,31)/t23-,27-/m1/s1. The molecule has 5 rings (SSSR count). The van der Waals surface area contributed by atoms with Gasteiger partial charge in [-0.25, -0.2) is 0 Å². The van der Waals surface area contributed by atoms with Crippen molar-refractivity contribution < 1.29 is 33.4 Å². The minimum Gasteiger partial charge on any atom is -0.497 e. The fourth-order valence-electron chi connectivity index (χ4n) is 4.73. The van der Waals surface area contributed by atoms with Crippen molar-refractivity contribution in [2.24, 2.45) is 11.1 Å². The van der Waals surface area contributed by atoms with Gasteiger partial charge < -0.3 is 29.1 Å². The summed E-state index contributed by atoms with van der Waals surface area (Å²) in [5.41, 5.74) is 0.374. The molecular formula is C27H24N2O7. The number of carbonyl (C=O) groups excluding carboxylic acids is 2. The number of hydrogen-bond donors (Lipinski definition) is 1. The van der Waals surface area contributed by atoms with Crippen molar-refractivity contribution in [3.8, 4) is 23.0 Å². The zero-order valence-electron chi connectivity index (χ0n) is 20.2. The highest BCUT2D eigenvalue weighted by Crippen LogP contribution is 2.51. The lowest BCUT2D eigenvalue weighted by atomic mass is 9.74. The molecule has 0 aliphatic carbocycles. The maximum absolute atomic E-state index is 14.3. The summed E-state index contributed by atoms with van der Waals surface area (Å²) in [6.07, 6.45) is 0. The number of oxime groups is 1. The topological polar surface area (TPSA) is 105 Å². The smallest absolute Gasteiger partial charge is 0.277 e. The van der Waals surface area contributed by atoms with E-state index >= 15 is 0 Å². The summed E-state index contributed by atoms with van der Waals surface area (Å²) >= 11 is 0. The number of para-hydroxylation sites is 1. The number of ether oxygens (including phenoxy) is 4. The molecule has 0 saturated heterocycles. The van der Waals surface area contributed by atoms with Gasteiger partial charge in [-0.05, 0) is 30.3 Å². The van der Waals surface area contributed by atoms with Crippen molar-refractivity contribution in [2.45, 2.75) is 5.60 Å². The first kappa shape index (κ1) is 23.2. The summed E-state index contributed by atoms with van der Waals surface area (Å²) < 4.78 is 21.7. The summed E-state index contributed by atoms with van der Waals surface area (Å²) in [7, 11) is 6.04. The van der Waals surface area contributed by atoms with Crippen LogP contribution in [0.2, 0.25) is 0 Å². The predicted molar refractivity (Wildman–Crippen MR) is 131 cm³/mol. The van der Waals surface area contributed by atoms with Crippen LogP contribution in [0.5, 0.6) is 23.0 Å². The molecule has 36 heavy (non-hydrogen) atoms. The number of rotatable bonds is 7. The van der Waals surface area contributed by atoms with Gasteiger partial charge in [-0.1, -0.05) is 23.4 Å². The predicted octanol–water partition coefficient (Wildman–Crippen LogP) is 3.80. The van der Waals surface area contributed by atoms with Crippen molar-refractivity contribution in [3.05, 3.63) is 77.4 Å². The van der Waals surface area contributed by atoms with E-state index in [9.17, 15) is 9.59 Å². The molecule has 2 aliphatic rings. The number of fused-ring (bicyclic) bond motifs is 2. The fraction of sp³-hybridized carbons (Fsp3) is 0.222. The van der Waals surface area contributed by atoms with Gasteiger partial charge in [0.25, 0.3) is 11.5 Å². The van der Waals surface area contributed by atoms with Gasteiger partial charge in [0.2, 0.25) is 0 Å². The van der Waals surface area contributed by atoms with Crippen molar-refractivity contribution in [2.75, 3.05) is 33.8 Å². The van der Waals surface area contributed by atoms with E-state index in [0.29, 0.717) is 39.8 Å². The molecule has 0 saturated carbocycles. The van der Waals surface area contributed by atoms with Crippen molar-refractivity contribution in [1.29, 1.82) is 0 Å². The number of nitrogens with zero attached hydrogens (tertiary/aromatic N) is 1. The van der Waals surface area contributed by atoms with Crippen LogP contribution >= 0.6 is 0 Å². The van der Waals surface area contributed by atoms with Gasteiger partial charge in [0.15, 0.2) is 5.78 Å². The molecule has 1 amide bonds. The second kappa shape index (κ2) is 8.92. The van der Waals surface area contributed by atoms with Crippen LogP contribution in [0, 0.1) is 5.92 Å². The third-order valence-electron chi connectivity index (χ3n) is 6.50. The van der Waals surface area contributed by atoms with Gasteiger partial charge in [-0.2, -0.15) is 0 Å². The zero-order chi connectivity index (χ0) is 25.4. The number of Topliss-reactive ketones (excluding diaryl/α,β-unsaturated/α-hetero) is 1. The Morgan fingerprint density at radius 2 is 1.56 bits per heavy atom. The second-order valence-electron chi connectivity index (χ2n) is 8.23. The third kappa shape index (κ3) is 3.35. The maximum Gasteiger partial charge on any atom is 0.277 e. The fourth-order valence-corrected chi connectivity index (χ4v) is 4.73. The van der Waals surface area contributed by atoms with E-state index in [-0.39, 0.29) is 11.3 Å². The Morgan fingerprint density at radius 3 is 2.25 bits per heavy atom. The number of methoxy groups -OCH3 is 4. The number of nitrogens with one attached hydrogen (secondary N) is 1. The third-order valence-corrected chi connectivity index (χ3v) is 6.50. The molecule has 184 valence electrons. The lowest BCUT2D eigenvalue weighted by Crippen LogP contribution is -2.46. The number of ketones is 1. The molecule has 3 aromatic rings. The zero-order valence-corrected chi connectivity index (χ0v) is 20.2. The van der Waals surface area contributed by atoms with E-state index in [4.69, 9.17) is 23.8 Å². The van der Waals surface area contributed by atoms with Crippen molar-refractivity contribution in [3.63, 3.8) is 0 Å². The molecule has 3 aromatic carbocycles. The molecular weight excluding hydrogens is 464 g/mol. The normalized spacial score (nSPS) is 19.7. The SMILES string of the molecule is COc1ccc(C(=O)[C@H]2C(c3ccc(OC)cc3OC)=NO[C@@]23C(=O)Nc2ccccc23)c(OC)c1. The van der Waals surface area contributed by atoms with Gasteiger partial charge in [-0.15, -0.1) is 0 Å². The highest BCUT2D eigenvalue weighted by molar-refractivity contribution is 6.25. The lowest BCUT2D eigenvalue weighted by molar-refractivity contribution is -0.140. The molecule has 1 N–H and O–H groups in total. The average molecular weight is 488 g/mol. The number of benzene rings is 3. The Bertz CT molecular complexity index is 1400. The lowest BCUT2D eigenvalue weighted by Gasteiger charge is -2.27. The van der Waals surface area contributed by atoms with E-state index in [1.165, 1.54) is 21.3 Å². The van der Waals surface area contributed by atoms with Crippen LogP contribution in [0.15, 0.2) is 65.8 Å². The number of amides is 1. The van der Waals surface area contributed by atoms with Gasteiger partial charge in [0.1, 0.15) is 34.6 Å². The average Bonchev–Trinajstić information content (AvgIpc) is 3.45. The number of anilines is 1. The van der Waals surface area contributed by atoms with E-state index in [1.807, 2.05) is 0 Å². The Labute approximate surface area is 207 Å². The molecule has 2 aliphatic heterocycles. The highest BCUT2D eigenvalue weighted by Gasteiger charge is 2.63. The quantitative estimate of drug-likeness (QED) is 0.505. The minimum atomic E-state index is -1.71. The minimum absolute atomic E-state index is 0.254. The van der Waals surface area contributed by atoms with Gasteiger partial charge in [0.05, 0.1) is 34.0 Å². The Morgan fingerprint density at radius 1 is 0.889 bits per heavy atom. The van der Waals surface area contributed by atoms with Crippen LogP contribution in [0.3, 0.4) is 0 Å². The molecule has 0 aromatic heterocycles. The molecule has 0 bridgehead atoms. The molecule has 9 heteroatoms. The van der Waals surface area contributed by atoms with Crippen LogP contribution < -0.4 is 24.3 Å². The van der Waals surface area contributed by atoms with Crippen LogP contribution in [-0.2, 0) is 15.2 Å². The van der Waals surface area contributed by atoms with Crippen molar-refractivity contribution in [1.82, 2.24) is 0 Å². The first-order valence-corrected chi connectivity index (χ1v) is 11.1. The van der Waals surface area contributed by atoms with Gasteiger partial charge in [0, 0.05) is 28.9 Å². The molecule has 0 unspecified atom stereocenters. The summed E-state index contributed by atoms with van der Waals surface area (Å²) in [6, 6.07) is 17.1. The van der Waals surface area contributed by atoms with Gasteiger partial charge in [-0.3, -0.25) is 9.59 Å². The summed E-state index contributed by atoms with van der Waals surface area (Å²) in [6.45, 7) is 0. The van der Waals surface area contributed by atoms with Crippen LogP contribution in [-0.4, -0.2) is 45.8 Å². The van der Waals surface area contributed by atoms with E-state index in [2.05, 4.69) is 10.5 Å². The van der Waals surface area contributed by atoms with Crippen molar-refractivity contribution >= 4 is 23.1 Å². The van der Waals surface area contributed by atoms with Crippen LogP contribution in [0.1, 0.15) is 21.5 Å². The molecule has 0 fully saturated rings. The largest absolute Gasteiger partial charge is 0.497 e. The Kier molecular flexibility index (Phi) is 5.75. The Hall–Kier alpha value is -4.53. The second-order valence-corrected chi connectivity index (χ2v) is 8.23.